The van der Waals surface area contributed by atoms with E-state index in [9.17, 15) is 9.59 Å². The normalized spacial score (nSPS) is 12.6. The van der Waals surface area contributed by atoms with Crippen LogP contribution in [0, 0.1) is 0 Å². The number of fused-ring (bicyclic) bond motifs is 2. The number of nitrogens with zero attached hydrogens (tertiary/aromatic N) is 2. The Morgan fingerprint density at radius 3 is 2.07 bits per heavy atom. The van der Waals surface area contributed by atoms with Gasteiger partial charge in [0.1, 0.15) is 0 Å². The molecule has 6 nitrogen and oxygen atoms in total. The Hall–Kier alpha value is -2.70. The van der Waals surface area contributed by atoms with E-state index in [0.29, 0.717) is 31.9 Å². The van der Waals surface area contributed by atoms with Crippen LogP contribution in [0.5, 0.6) is 0 Å². The Kier molecular flexibility index (Phi) is 4.45. The van der Waals surface area contributed by atoms with Crippen molar-refractivity contribution in [3.05, 3.63) is 79.1 Å². The molecule has 1 unspecified atom stereocenters. The highest BCUT2D eigenvalue weighted by Crippen LogP contribution is 2.22. The summed E-state index contributed by atoms with van der Waals surface area (Å²) in [7, 11) is 0. The Morgan fingerprint density at radius 2 is 1.44 bits per heavy atom. The van der Waals surface area contributed by atoms with Crippen LogP contribution in [0.2, 0.25) is 10.0 Å². The lowest BCUT2D eigenvalue weighted by Crippen LogP contribution is -2.11. The topological polar surface area (TPSA) is 86.2 Å². The lowest BCUT2D eigenvalue weighted by Gasteiger charge is -2.09. The molecule has 0 radical (unpaired) electrons. The summed E-state index contributed by atoms with van der Waals surface area (Å²) in [5, 5.41) is 1.48. The summed E-state index contributed by atoms with van der Waals surface area (Å²) in [5.41, 5.74) is -0.0698. The predicted octanol–water partition coefficient (Wildman–Crippen LogP) is 4.34. The van der Waals surface area contributed by atoms with Crippen LogP contribution in [0.25, 0.3) is 21.8 Å². The molecule has 2 aromatic heterocycles. The number of benzene rings is 2. The van der Waals surface area contributed by atoms with Crippen LogP contribution in [0.1, 0.15) is 24.6 Å². The summed E-state index contributed by atoms with van der Waals surface area (Å²) in [6.07, 6.45) is 0.239. The van der Waals surface area contributed by atoms with Gasteiger partial charge in [-0.05, 0) is 36.4 Å². The molecule has 8 heteroatoms. The fourth-order valence-corrected chi connectivity index (χ4v) is 3.14. The predicted molar refractivity (Wildman–Crippen MR) is 103 cm³/mol. The fourth-order valence-electron chi connectivity index (χ4n) is 2.80. The smallest absolute Gasteiger partial charge is 0.346 e. The van der Waals surface area contributed by atoms with Crippen molar-refractivity contribution in [1.82, 2.24) is 9.97 Å². The second-order valence-electron chi connectivity index (χ2n) is 6.16. The summed E-state index contributed by atoms with van der Waals surface area (Å²) < 4.78 is 10.6. The van der Waals surface area contributed by atoms with Crippen molar-refractivity contribution < 1.29 is 8.83 Å². The van der Waals surface area contributed by atoms with Crippen LogP contribution in [-0.4, -0.2) is 9.97 Å². The minimum absolute atomic E-state index is 0.225. The molecule has 4 rings (SSSR count). The summed E-state index contributed by atoms with van der Waals surface area (Å²) in [6, 6.07) is 9.64. The van der Waals surface area contributed by atoms with Gasteiger partial charge in [-0.2, -0.15) is 0 Å². The highest BCUT2D eigenvalue weighted by Gasteiger charge is 2.17. The van der Waals surface area contributed by atoms with Crippen molar-refractivity contribution >= 4 is 45.0 Å². The highest BCUT2D eigenvalue weighted by molar-refractivity contribution is 6.31. The highest BCUT2D eigenvalue weighted by atomic mass is 35.5. The Balaban J connectivity index is 1.71. The van der Waals surface area contributed by atoms with E-state index in [1.807, 2.05) is 0 Å². The van der Waals surface area contributed by atoms with Gasteiger partial charge in [0.2, 0.25) is 5.89 Å². The van der Waals surface area contributed by atoms with Crippen molar-refractivity contribution in [1.29, 1.82) is 0 Å². The third-order valence-electron chi connectivity index (χ3n) is 4.14. The van der Waals surface area contributed by atoms with Gasteiger partial charge in [-0.15, -0.1) is 0 Å². The number of hydrogen-bond acceptors (Lipinski definition) is 6. The molecule has 1 atom stereocenters. The first-order chi connectivity index (χ1) is 12.9. The SMILES string of the molecule is CC(Cc1nc2ccc(Cl)cc2c(=O)o1)c1nc2ccc(Cl)cc2c(=O)o1. The van der Waals surface area contributed by atoms with Crippen LogP contribution in [-0.2, 0) is 6.42 Å². The molecule has 27 heavy (non-hydrogen) atoms. The molecule has 0 aliphatic carbocycles. The average Bonchev–Trinajstić information content (AvgIpc) is 2.63. The average molecular weight is 403 g/mol. The molecule has 0 aliphatic rings. The molecule has 136 valence electrons. The molecule has 0 fully saturated rings. The molecule has 0 amide bonds. The number of aromatic nitrogens is 2. The van der Waals surface area contributed by atoms with E-state index in [4.69, 9.17) is 32.0 Å². The van der Waals surface area contributed by atoms with Crippen molar-refractivity contribution in [2.45, 2.75) is 19.3 Å². The van der Waals surface area contributed by atoms with Gasteiger partial charge in [0.05, 0.1) is 21.8 Å². The standard InChI is InChI=1S/C19H12Cl2N2O4/c1-9(17-23-15-5-3-11(21)8-13(15)19(25)27-17)6-16-22-14-4-2-10(20)7-12(14)18(24)26-16/h2-5,7-9H,6H2,1H3. The molecular weight excluding hydrogens is 391 g/mol. The van der Waals surface area contributed by atoms with Gasteiger partial charge < -0.3 is 8.83 Å². The van der Waals surface area contributed by atoms with Crippen LogP contribution in [0.15, 0.2) is 54.8 Å². The maximum absolute atomic E-state index is 12.2. The zero-order valence-electron chi connectivity index (χ0n) is 14.0. The van der Waals surface area contributed by atoms with Crippen molar-refractivity contribution in [3.63, 3.8) is 0 Å². The van der Waals surface area contributed by atoms with Gasteiger partial charge in [-0.25, -0.2) is 19.6 Å². The molecule has 0 aliphatic heterocycles. The summed E-state index contributed by atoms with van der Waals surface area (Å²) in [6.45, 7) is 1.81. The van der Waals surface area contributed by atoms with Gasteiger partial charge in [0.25, 0.3) is 0 Å². The summed E-state index contributed by atoms with van der Waals surface area (Å²) >= 11 is 11.8. The van der Waals surface area contributed by atoms with Gasteiger partial charge in [-0.3, -0.25) is 0 Å². The largest absolute Gasteiger partial charge is 0.408 e. The Bertz CT molecular complexity index is 1300. The second kappa shape index (κ2) is 6.79. The second-order valence-corrected chi connectivity index (χ2v) is 7.04. The Morgan fingerprint density at radius 1 is 0.889 bits per heavy atom. The lowest BCUT2D eigenvalue weighted by molar-refractivity contribution is 0.381. The molecule has 0 saturated heterocycles. The van der Waals surface area contributed by atoms with Crippen molar-refractivity contribution in [2.24, 2.45) is 0 Å². The first-order valence-corrected chi connectivity index (χ1v) is 8.86. The number of hydrogen-bond donors (Lipinski definition) is 0. The zero-order valence-corrected chi connectivity index (χ0v) is 15.5. The molecular formula is C19H12Cl2N2O4. The van der Waals surface area contributed by atoms with Crippen LogP contribution >= 0.6 is 23.2 Å². The third-order valence-corrected chi connectivity index (χ3v) is 4.61. The molecule has 0 bridgehead atoms. The van der Waals surface area contributed by atoms with E-state index < -0.39 is 11.3 Å². The molecule has 0 saturated carbocycles. The molecule has 4 aromatic rings. The van der Waals surface area contributed by atoms with E-state index in [1.54, 1.807) is 31.2 Å². The van der Waals surface area contributed by atoms with Gasteiger partial charge in [0.15, 0.2) is 5.89 Å². The number of rotatable bonds is 3. The maximum atomic E-state index is 12.2. The summed E-state index contributed by atoms with van der Waals surface area (Å²) in [5.74, 6) is 0.122. The van der Waals surface area contributed by atoms with Crippen LogP contribution < -0.4 is 11.3 Å². The lowest BCUT2D eigenvalue weighted by atomic mass is 10.1. The zero-order chi connectivity index (χ0) is 19.1. The van der Waals surface area contributed by atoms with Gasteiger partial charge in [0, 0.05) is 22.4 Å². The molecule has 0 spiro atoms. The minimum Gasteiger partial charge on any atom is -0.408 e. The Labute approximate surface area is 162 Å². The van der Waals surface area contributed by atoms with E-state index >= 15 is 0 Å². The minimum atomic E-state index is -0.521. The van der Waals surface area contributed by atoms with Crippen LogP contribution in [0.4, 0.5) is 0 Å². The van der Waals surface area contributed by atoms with Gasteiger partial charge in [-0.1, -0.05) is 30.1 Å². The van der Waals surface area contributed by atoms with Crippen molar-refractivity contribution in [2.75, 3.05) is 0 Å². The first-order valence-electron chi connectivity index (χ1n) is 8.10. The summed E-state index contributed by atoms with van der Waals surface area (Å²) in [4.78, 5) is 33.1. The molecule has 2 heterocycles. The molecule has 2 aromatic carbocycles. The molecule has 0 N–H and O–H groups in total. The monoisotopic (exact) mass is 402 g/mol. The quantitative estimate of drug-likeness (QED) is 0.506. The van der Waals surface area contributed by atoms with E-state index in [2.05, 4.69) is 9.97 Å². The van der Waals surface area contributed by atoms with E-state index in [0.717, 1.165) is 0 Å². The van der Waals surface area contributed by atoms with Gasteiger partial charge >= 0.3 is 11.3 Å². The third kappa shape index (κ3) is 3.46. The van der Waals surface area contributed by atoms with Crippen LogP contribution in [0.3, 0.4) is 0 Å². The van der Waals surface area contributed by atoms with E-state index in [1.165, 1.54) is 12.1 Å². The number of halogens is 2. The van der Waals surface area contributed by atoms with E-state index in [-0.39, 0.29) is 24.1 Å². The maximum Gasteiger partial charge on any atom is 0.346 e. The van der Waals surface area contributed by atoms with Crippen molar-refractivity contribution in [3.8, 4) is 0 Å². The fraction of sp³-hybridized carbons (Fsp3) is 0.158. The first kappa shape index (κ1) is 17.7.